The van der Waals surface area contributed by atoms with Gasteiger partial charge in [0.25, 0.3) is 5.91 Å². The SMILES string of the molecule is Cc1ccc(-n2nc(C(=O)Nc3cccc(Cl)c3)nc2-c2ccc(Cl)cc2)c(C)c1. The van der Waals surface area contributed by atoms with Crippen molar-refractivity contribution in [1.82, 2.24) is 14.8 Å². The summed E-state index contributed by atoms with van der Waals surface area (Å²) in [5, 5.41) is 8.46. The van der Waals surface area contributed by atoms with E-state index in [0.717, 1.165) is 22.4 Å². The fraction of sp³-hybridized carbons (Fsp3) is 0.0870. The molecule has 1 heterocycles. The number of aromatic nitrogens is 3. The maximum Gasteiger partial charge on any atom is 0.295 e. The van der Waals surface area contributed by atoms with Crippen LogP contribution in [0.4, 0.5) is 5.69 Å². The second-order valence-corrected chi connectivity index (χ2v) is 7.80. The molecule has 0 atom stereocenters. The molecular weight excluding hydrogens is 419 g/mol. The zero-order chi connectivity index (χ0) is 21.3. The fourth-order valence-electron chi connectivity index (χ4n) is 3.16. The van der Waals surface area contributed by atoms with Gasteiger partial charge in [-0.25, -0.2) is 9.67 Å². The molecular formula is C23H18Cl2N4O. The standard InChI is InChI=1S/C23H18Cl2N4O/c1-14-6-11-20(15(2)12-14)29-22(16-7-9-17(24)10-8-16)27-21(28-29)23(30)26-19-5-3-4-18(25)13-19/h3-13H,1-2H3,(H,26,30). The van der Waals surface area contributed by atoms with E-state index in [-0.39, 0.29) is 5.82 Å². The lowest BCUT2D eigenvalue weighted by atomic mass is 10.1. The minimum atomic E-state index is -0.420. The molecule has 0 unspecified atom stereocenters. The first kappa shape index (κ1) is 20.1. The fourth-order valence-corrected chi connectivity index (χ4v) is 3.47. The summed E-state index contributed by atoms with van der Waals surface area (Å²) in [7, 11) is 0. The van der Waals surface area contributed by atoms with Crippen molar-refractivity contribution in [2.75, 3.05) is 5.32 Å². The van der Waals surface area contributed by atoms with E-state index in [4.69, 9.17) is 23.2 Å². The minimum absolute atomic E-state index is 0.0555. The Morgan fingerprint density at radius 3 is 2.40 bits per heavy atom. The highest BCUT2D eigenvalue weighted by Gasteiger charge is 2.20. The predicted octanol–water partition coefficient (Wildman–Crippen LogP) is 6.11. The highest BCUT2D eigenvalue weighted by molar-refractivity contribution is 6.31. The van der Waals surface area contributed by atoms with Gasteiger partial charge in [0, 0.05) is 21.3 Å². The molecule has 5 nitrogen and oxygen atoms in total. The number of rotatable bonds is 4. The molecule has 4 rings (SSSR count). The van der Waals surface area contributed by atoms with E-state index < -0.39 is 5.91 Å². The molecule has 150 valence electrons. The Bertz CT molecular complexity index is 1230. The van der Waals surface area contributed by atoms with E-state index in [1.807, 2.05) is 38.1 Å². The molecule has 0 bridgehead atoms. The maximum absolute atomic E-state index is 12.8. The second-order valence-electron chi connectivity index (χ2n) is 6.93. The van der Waals surface area contributed by atoms with Crippen molar-refractivity contribution in [2.24, 2.45) is 0 Å². The summed E-state index contributed by atoms with van der Waals surface area (Å²) in [4.78, 5) is 17.4. The van der Waals surface area contributed by atoms with E-state index in [0.29, 0.717) is 21.6 Å². The van der Waals surface area contributed by atoms with Crippen LogP contribution >= 0.6 is 23.2 Å². The Kier molecular flexibility index (Phi) is 5.57. The Morgan fingerprint density at radius 2 is 1.70 bits per heavy atom. The van der Waals surface area contributed by atoms with Crippen LogP contribution in [-0.2, 0) is 0 Å². The number of halogens is 2. The summed E-state index contributed by atoms with van der Waals surface area (Å²) >= 11 is 12.0. The summed E-state index contributed by atoms with van der Waals surface area (Å²) < 4.78 is 1.69. The van der Waals surface area contributed by atoms with Gasteiger partial charge >= 0.3 is 0 Å². The molecule has 0 radical (unpaired) electrons. The van der Waals surface area contributed by atoms with Gasteiger partial charge in [0.05, 0.1) is 5.69 Å². The van der Waals surface area contributed by atoms with Crippen molar-refractivity contribution in [3.05, 3.63) is 93.7 Å². The normalized spacial score (nSPS) is 10.8. The van der Waals surface area contributed by atoms with E-state index in [1.54, 1.807) is 41.1 Å². The van der Waals surface area contributed by atoms with E-state index >= 15 is 0 Å². The second kappa shape index (κ2) is 8.30. The summed E-state index contributed by atoms with van der Waals surface area (Å²) in [6.07, 6.45) is 0. The van der Waals surface area contributed by atoms with Crippen molar-refractivity contribution >= 4 is 34.8 Å². The zero-order valence-corrected chi connectivity index (χ0v) is 17.9. The quantitative estimate of drug-likeness (QED) is 0.419. The third-order valence-corrected chi connectivity index (χ3v) is 5.06. The van der Waals surface area contributed by atoms with Gasteiger partial charge < -0.3 is 5.32 Å². The molecule has 1 aromatic heterocycles. The lowest BCUT2D eigenvalue weighted by Gasteiger charge is -2.10. The zero-order valence-electron chi connectivity index (χ0n) is 16.4. The summed E-state index contributed by atoms with van der Waals surface area (Å²) in [5.74, 6) is 0.186. The van der Waals surface area contributed by atoms with Crippen LogP contribution in [0.5, 0.6) is 0 Å². The predicted molar refractivity (Wildman–Crippen MR) is 121 cm³/mol. The van der Waals surface area contributed by atoms with Crippen LogP contribution in [0.1, 0.15) is 21.7 Å². The number of amides is 1. The number of aryl methyl sites for hydroxylation is 2. The van der Waals surface area contributed by atoms with Crippen molar-refractivity contribution in [2.45, 2.75) is 13.8 Å². The summed E-state index contributed by atoms with van der Waals surface area (Å²) in [6, 6.07) is 20.2. The van der Waals surface area contributed by atoms with Crippen LogP contribution in [0, 0.1) is 13.8 Å². The molecule has 4 aromatic rings. The molecule has 0 saturated carbocycles. The number of hydrogen-bond donors (Lipinski definition) is 1. The van der Waals surface area contributed by atoms with Crippen LogP contribution < -0.4 is 5.32 Å². The van der Waals surface area contributed by atoms with Gasteiger partial charge in [0.2, 0.25) is 5.82 Å². The Labute approximate surface area is 184 Å². The number of nitrogens with zero attached hydrogens (tertiary/aromatic N) is 3. The van der Waals surface area contributed by atoms with Crippen molar-refractivity contribution in [3.8, 4) is 17.1 Å². The summed E-state index contributed by atoms with van der Waals surface area (Å²) in [5.41, 5.74) is 4.39. The van der Waals surface area contributed by atoms with Crippen LogP contribution in [0.3, 0.4) is 0 Å². The van der Waals surface area contributed by atoms with Gasteiger partial charge in [-0.2, -0.15) is 0 Å². The van der Waals surface area contributed by atoms with Gasteiger partial charge in [-0.3, -0.25) is 4.79 Å². The average Bonchev–Trinajstić information content (AvgIpc) is 3.14. The van der Waals surface area contributed by atoms with Crippen LogP contribution in [0.15, 0.2) is 66.7 Å². The molecule has 0 fully saturated rings. The van der Waals surface area contributed by atoms with Gasteiger partial charge in [-0.15, -0.1) is 5.10 Å². The lowest BCUT2D eigenvalue weighted by Crippen LogP contribution is -2.14. The van der Waals surface area contributed by atoms with Gasteiger partial charge in [-0.1, -0.05) is 47.0 Å². The topological polar surface area (TPSA) is 59.8 Å². The number of anilines is 1. The van der Waals surface area contributed by atoms with Crippen LogP contribution in [-0.4, -0.2) is 20.7 Å². The third-order valence-electron chi connectivity index (χ3n) is 4.58. The molecule has 0 aliphatic carbocycles. The molecule has 0 aliphatic rings. The lowest BCUT2D eigenvalue weighted by molar-refractivity contribution is 0.101. The largest absolute Gasteiger partial charge is 0.319 e. The minimum Gasteiger partial charge on any atom is -0.319 e. The van der Waals surface area contributed by atoms with Crippen molar-refractivity contribution < 1.29 is 4.79 Å². The molecule has 0 saturated heterocycles. The molecule has 0 aliphatic heterocycles. The average molecular weight is 437 g/mol. The first-order chi connectivity index (χ1) is 14.4. The molecule has 1 N–H and O–H groups in total. The van der Waals surface area contributed by atoms with Gasteiger partial charge in [-0.05, 0) is 67.9 Å². The van der Waals surface area contributed by atoms with E-state index in [1.165, 1.54) is 0 Å². The molecule has 1 amide bonds. The Balaban J connectivity index is 1.79. The van der Waals surface area contributed by atoms with Crippen LogP contribution in [0.25, 0.3) is 17.1 Å². The van der Waals surface area contributed by atoms with Gasteiger partial charge in [0.15, 0.2) is 5.82 Å². The van der Waals surface area contributed by atoms with Crippen molar-refractivity contribution in [1.29, 1.82) is 0 Å². The molecule has 30 heavy (non-hydrogen) atoms. The van der Waals surface area contributed by atoms with Gasteiger partial charge in [0.1, 0.15) is 0 Å². The number of carbonyl (C=O) groups excluding carboxylic acids is 1. The Hall–Kier alpha value is -3.15. The molecule has 0 spiro atoms. The van der Waals surface area contributed by atoms with E-state index in [9.17, 15) is 4.79 Å². The summed E-state index contributed by atoms with van der Waals surface area (Å²) in [6.45, 7) is 4.03. The first-order valence-corrected chi connectivity index (χ1v) is 10.0. The number of nitrogens with one attached hydrogen (secondary N) is 1. The molecule has 7 heteroatoms. The Morgan fingerprint density at radius 1 is 0.933 bits per heavy atom. The number of benzene rings is 3. The van der Waals surface area contributed by atoms with Crippen molar-refractivity contribution in [3.63, 3.8) is 0 Å². The monoisotopic (exact) mass is 436 g/mol. The first-order valence-electron chi connectivity index (χ1n) is 9.28. The van der Waals surface area contributed by atoms with Crippen LogP contribution in [0.2, 0.25) is 10.0 Å². The highest BCUT2D eigenvalue weighted by Crippen LogP contribution is 2.25. The number of hydrogen-bond acceptors (Lipinski definition) is 3. The maximum atomic E-state index is 12.8. The third kappa shape index (κ3) is 4.22. The van der Waals surface area contributed by atoms with E-state index in [2.05, 4.69) is 21.5 Å². The molecule has 3 aromatic carbocycles. The smallest absolute Gasteiger partial charge is 0.295 e. The number of carbonyl (C=O) groups is 1. The highest BCUT2D eigenvalue weighted by atomic mass is 35.5.